The first-order chi connectivity index (χ1) is 12.4. The lowest BCUT2D eigenvalue weighted by Gasteiger charge is -2.42. The largest absolute Gasteiger partial charge is 0.459 e. The Bertz CT molecular complexity index is 594. The Morgan fingerprint density at radius 2 is 1.70 bits per heavy atom. The van der Waals surface area contributed by atoms with Gasteiger partial charge >= 0.3 is 0 Å². The van der Waals surface area contributed by atoms with E-state index in [1.165, 1.54) is 0 Å². The molecule has 0 amide bonds. The van der Waals surface area contributed by atoms with Crippen LogP contribution in [0.15, 0.2) is 23.5 Å². The molecule has 5 heteroatoms. The molecule has 0 saturated heterocycles. The standard InChI is InChI=1S/C22H38O4Si/c1-14(2)27(15(3)4,16(5)6)25-13-11-18-17(7)20(23)21-19(18)10-12-24-22(8,9)26-21/h14-16,18H,7,10-13H2,1-6,8-9H3. The normalized spacial score (nSPS) is 23.3. The summed E-state index contributed by atoms with van der Waals surface area (Å²) in [6.45, 7) is 22.8. The van der Waals surface area contributed by atoms with Crippen molar-refractivity contribution in [1.82, 2.24) is 0 Å². The van der Waals surface area contributed by atoms with Gasteiger partial charge in [0, 0.05) is 31.9 Å². The summed E-state index contributed by atoms with van der Waals surface area (Å²) >= 11 is 0. The summed E-state index contributed by atoms with van der Waals surface area (Å²) in [5.41, 5.74) is 3.35. The van der Waals surface area contributed by atoms with Gasteiger partial charge in [0.25, 0.3) is 0 Å². The van der Waals surface area contributed by atoms with Crippen molar-refractivity contribution in [2.45, 2.75) is 90.6 Å². The van der Waals surface area contributed by atoms with Gasteiger partial charge in [0.1, 0.15) is 0 Å². The number of allylic oxidation sites excluding steroid dienone is 1. The number of carbonyl (C=O) groups is 1. The van der Waals surface area contributed by atoms with Crippen molar-refractivity contribution in [3.63, 3.8) is 0 Å². The summed E-state index contributed by atoms with van der Waals surface area (Å²) < 4.78 is 18.4. The van der Waals surface area contributed by atoms with Gasteiger partial charge in [-0.2, -0.15) is 0 Å². The van der Waals surface area contributed by atoms with E-state index in [4.69, 9.17) is 13.9 Å². The Morgan fingerprint density at radius 1 is 1.15 bits per heavy atom. The fourth-order valence-electron chi connectivity index (χ4n) is 5.10. The van der Waals surface area contributed by atoms with Gasteiger partial charge in [-0.1, -0.05) is 48.1 Å². The fourth-order valence-corrected chi connectivity index (χ4v) is 10.6. The van der Waals surface area contributed by atoms with Crippen LogP contribution in [0.1, 0.15) is 68.2 Å². The van der Waals surface area contributed by atoms with Crippen LogP contribution < -0.4 is 0 Å². The van der Waals surface area contributed by atoms with Gasteiger partial charge in [0.15, 0.2) is 14.1 Å². The summed E-state index contributed by atoms with van der Waals surface area (Å²) in [4.78, 5) is 12.7. The third-order valence-electron chi connectivity index (χ3n) is 6.27. The highest BCUT2D eigenvalue weighted by molar-refractivity contribution is 6.77. The second kappa shape index (κ2) is 8.22. The Balaban J connectivity index is 2.16. The maximum absolute atomic E-state index is 12.7. The molecule has 1 unspecified atom stereocenters. The van der Waals surface area contributed by atoms with E-state index < -0.39 is 14.1 Å². The molecule has 0 bridgehead atoms. The minimum atomic E-state index is -1.90. The number of rotatable bonds is 7. The molecule has 0 N–H and O–H groups in total. The molecule has 0 aromatic heterocycles. The summed E-state index contributed by atoms with van der Waals surface area (Å²) in [6, 6.07) is 0. The molecule has 154 valence electrons. The first kappa shape index (κ1) is 22.4. The predicted molar refractivity (Wildman–Crippen MR) is 112 cm³/mol. The minimum absolute atomic E-state index is 0.0168. The van der Waals surface area contributed by atoms with Crippen LogP contribution in [-0.2, 0) is 18.7 Å². The first-order valence-corrected chi connectivity index (χ1v) is 12.5. The molecule has 1 aliphatic heterocycles. The summed E-state index contributed by atoms with van der Waals surface area (Å²) in [7, 11) is -1.90. The molecule has 1 atom stereocenters. The summed E-state index contributed by atoms with van der Waals surface area (Å²) in [5, 5.41) is 0. The zero-order chi connectivity index (χ0) is 20.6. The van der Waals surface area contributed by atoms with Gasteiger partial charge < -0.3 is 13.9 Å². The van der Waals surface area contributed by atoms with Crippen LogP contribution in [0.25, 0.3) is 0 Å². The average molecular weight is 395 g/mol. The van der Waals surface area contributed by atoms with Crippen LogP contribution in [0.5, 0.6) is 0 Å². The van der Waals surface area contributed by atoms with Crippen LogP contribution in [0.3, 0.4) is 0 Å². The second-order valence-corrected chi connectivity index (χ2v) is 14.8. The third-order valence-corrected chi connectivity index (χ3v) is 12.4. The maximum Gasteiger partial charge on any atom is 0.223 e. The monoisotopic (exact) mass is 394 g/mol. The van der Waals surface area contributed by atoms with Gasteiger partial charge in [0.2, 0.25) is 11.6 Å². The van der Waals surface area contributed by atoms with E-state index >= 15 is 0 Å². The number of hydrogen-bond donors (Lipinski definition) is 0. The predicted octanol–water partition coefficient (Wildman–Crippen LogP) is 5.75. The molecule has 1 aliphatic carbocycles. The summed E-state index contributed by atoms with van der Waals surface area (Å²) in [6.07, 6.45) is 1.50. The highest BCUT2D eigenvalue weighted by Gasteiger charge is 2.46. The SMILES string of the molecule is C=C1C(=O)C2=C(CCOC(C)(C)O2)C1CCO[Si](C(C)C)(C(C)C)C(C)C. The number of Topliss-reactive ketones (excluding diaryl/α,β-unsaturated/α-hetero) is 1. The van der Waals surface area contributed by atoms with Gasteiger partial charge in [0.05, 0.1) is 6.61 Å². The zero-order valence-electron chi connectivity index (χ0n) is 18.5. The van der Waals surface area contributed by atoms with Crippen molar-refractivity contribution in [3.05, 3.63) is 23.5 Å². The van der Waals surface area contributed by atoms with E-state index in [1.807, 2.05) is 13.8 Å². The molecule has 27 heavy (non-hydrogen) atoms. The van der Waals surface area contributed by atoms with Crippen molar-refractivity contribution in [2.75, 3.05) is 13.2 Å². The van der Waals surface area contributed by atoms with Gasteiger partial charge in [-0.3, -0.25) is 4.79 Å². The smallest absolute Gasteiger partial charge is 0.223 e. The molecule has 0 fully saturated rings. The van der Waals surface area contributed by atoms with Gasteiger partial charge in [-0.05, 0) is 35.0 Å². The molecular weight excluding hydrogens is 356 g/mol. The van der Waals surface area contributed by atoms with Crippen LogP contribution in [0.2, 0.25) is 16.6 Å². The molecular formula is C22H38O4Si. The van der Waals surface area contributed by atoms with Crippen LogP contribution >= 0.6 is 0 Å². The molecule has 1 heterocycles. The van der Waals surface area contributed by atoms with E-state index in [9.17, 15) is 4.79 Å². The molecule has 0 spiro atoms. The van der Waals surface area contributed by atoms with E-state index in [0.717, 1.165) is 18.4 Å². The van der Waals surface area contributed by atoms with Gasteiger partial charge in [-0.25, -0.2) is 0 Å². The van der Waals surface area contributed by atoms with E-state index in [2.05, 4.69) is 48.1 Å². The maximum atomic E-state index is 12.7. The lowest BCUT2D eigenvalue weighted by atomic mass is 9.93. The fraction of sp³-hybridized carbons (Fsp3) is 0.773. The first-order valence-electron chi connectivity index (χ1n) is 10.4. The highest BCUT2D eigenvalue weighted by atomic mass is 28.4. The highest BCUT2D eigenvalue weighted by Crippen LogP contribution is 2.44. The number of ether oxygens (including phenoxy) is 2. The second-order valence-electron chi connectivity index (χ2n) is 9.32. The van der Waals surface area contributed by atoms with Crippen LogP contribution in [0.4, 0.5) is 0 Å². The minimum Gasteiger partial charge on any atom is -0.459 e. The number of carbonyl (C=O) groups excluding carboxylic acids is 1. The van der Waals surface area contributed by atoms with Crippen molar-refractivity contribution < 1.29 is 18.7 Å². The molecule has 0 saturated carbocycles. The van der Waals surface area contributed by atoms with E-state index in [-0.39, 0.29) is 11.7 Å². The quantitative estimate of drug-likeness (QED) is 0.407. The van der Waals surface area contributed by atoms with Crippen LogP contribution in [-0.4, -0.2) is 33.1 Å². The lowest BCUT2D eigenvalue weighted by Crippen LogP contribution is -2.48. The van der Waals surface area contributed by atoms with Crippen molar-refractivity contribution >= 4 is 14.1 Å². The van der Waals surface area contributed by atoms with Gasteiger partial charge in [-0.15, -0.1) is 0 Å². The summed E-state index contributed by atoms with van der Waals surface area (Å²) in [5.74, 6) is -0.350. The lowest BCUT2D eigenvalue weighted by molar-refractivity contribution is -0.185. The van der Waals surface area contributed by atoms with Crippen LogP contribution in [0, 0.1) is 5.92 Å². The van der Waals surface area contributed by atoms with Crippen molar-refractivity contribution in [3.8, 4) is 0 Å². The Hall–Kier alpha value is -0.913. The molecule has 2 aliphatic rings. The van der Waals surface area contributed by atoms with Crippen molar-refractivity contribution in [1.29, 1.82) is 0 Å². The molecule has 0 radical (unpaired) electrons. The zero-order valence-corrected chi connectivity index (χ0v) is 19.5. The average Bonchev–Trinajstić information content (AvgIpc) is 2.68. The Morgan fingerprint density at radius 3 is 2.22 bits per heavy atom. The molecule has 0 aromatic carbocycles. The topological polar surface area (TPSA) is 44.8 Å². The molecule has 4 nitrogen and oxygen atoms in total. The number of ketones is 1. The Labute approximate surface area is 166 Å². The van der Waals surface area contributed by atoms with Crippen molar-refractivity contribution in [2.24, 2.45) is 5.92 Å². The molecule has 2 rings (SSSR count). The molecule has 0 aromatic rings. The number of hydrogen-bond acceptors (Lipinski definition) is 4. The van der Waals surface area contributed by atoms with E-state index in [1.54, 1.807) is 0 Å². The third kappa shape index (κ3) is 4.25. The Kier molecular flexibility index (Phi) is 6.81. The van der Waals surface area contributed by atoms with E-state index in [0.29, 0.717) is 41.2 Å².